The predicted octanol–water partition coefficient (Wildman–Crippen LogP) is 6.14. The van der Waals surface area contributed by atoms with Crippen LogP contribution in [0.2, 0.25) is 0 Å². The Balaban J connectivity index is 1.34. The van der Waals surface area contributed by atoms with Gasteiger partial charge in [-0.2, -0.15) is 0 Å². The highest BCUT2D eigenvalue weighted by Crippen LogP contribution is 2.76. The first-order valence-corrected chi connectivity index (χ1v) is 14.0. The van der Waals surface area contributed by atoms with Crippen molar-refractivity contribution < 1.29 is 14.6 Å². The highest BCUT2D eigenvalue weighted by molar-refractivity contribution is 7.10. The Bertz CT molecular complexity index is 801. The van der Waals surface area contributed by atoms with Crippen LogP contribution in [0.3, 0.4) is 0 Å². The van der Waals surface area contributed by atoms with E-state index in [9.17, 15) is 5.11 Å². The van der Waals surface area contributed by atoms with Gasteiger partial charge in [-0.25, -0.2) is 0 Å². The number of ether oxygens (including phenoxy) is 2. The van der Waals surface area contributed by atoms with Crippen LogP contribution in [0.5, 0.6) is 11.5 Å². The second-order valence-corrected chi connectivity index (χ2v) is 13.9. The van der Waals surface area contributed by atoms with Gasteiger partial charge in [0.2, 0.25) is 0 Å². The van der Waals surface area contributed by atoms with Crippen molar-refractivity contribution in [1.29, 1.82) is 0 Å². The maximum atomic E-state index is 13.5. The van der Waals surface area contributed by atoms with Crippen molar-refractivity contribution in [2.45, 2.75) is 82.7 Å². The Kier molecular flexibility index (Phi) is 3.63. The molecule has 2 heterocycles. The quantitative estimate of drug-likeness (QED) is 0.613. The Morgan fingerprint density at radius 3 is 1.58 bits per heavy atom. The SMILES string of the molecule is OC(c1scc2c1OCCO2)(C12CC3CC(CC(C3)C1)C2)C12CC3CC(CC(C3)C1)C2. The summed E-state index contributed by atoms with van der Waals surface area (Å²) < 4.78 is 12.3. The number of thiophene rings is 1. The van der Waals surface area contributed by atoms with Gasteiger partial charge >= 0.3 is 0 Å². The van der Waals surface area contributed by atoms with Crippen LogP contribution in [0.4, 0.5) is 0 Å². The van der Waals surface area contributed by atoms with Crippen LogP contribution in [-0.2, 0) is 5.60 Å². The van der Waals surface area contributed by atoms with Gasteiger partial charge in [0.1, 0.15) is 18.8 Å². The molecule has 0 aromatic carbocycles. The third kappa shape index (κ3) is 2.30. The summed E-state index contributed by atoms with van der Waals surface area (Å²) in [7, 11) is 0. The number of hydrogen-bond donors (Lipinski definition) is 1. The minimum Gasteiger partial charge on any atom is -0.485 e. The van der Waals surface area contributed by atoms with E-state index in [2.05, 4.69) is 5.38 Å². The normalized spacial score (nSPS) is 50.6. The highest BCUT2D eigenvalue weighted by Gasteiger charge is 2.71. The van der Waals surface area contributed by atoms with E-state index in [4.69, 9.17) is 9.47 Å². The third-order valence-corrected chi connectivity index (χ3v) is 12.3. The molecule has 0 amide bonds. The van der Waals surface area contributed by atoms with E-state index in [1.54, 1.807) is 11.3 Å². The molecule has 0 atom stereocenters. The minimum absolute atomic E-state index is 0.0624. The van der Waals surface area contributed by atoms with Crippen molar-refractivity contribution in [3.63, 3.8) is 0 Å². The summed E-state index contributed by atoms with van der Waals surface area (Å²) >= 11 is 1.77. The average Bonchev–Trinajstić information content (AvgIpc) is 3.15. The van der Waals surface area contributed by atoms with E-state index >= 15 is 0 Å². The first kappa shape index (κ1) is 18.7. The van der Waals surface area contributed by atoms with Crippen molar-refractivity contribution in [3.05, 3.63) is 10.3 Å². The fourth-order valence-electron chi connectivity index (χ4n) is 11.3. The lowest BCUT2D eigenvalue weighted by atomic mass is 9.36. The predicted molar refractivity (Wildman–Crippen MR) is 120 cm³/mol. The van der Waals surface area contributed by atoms with Gasteiger partial charge in [0.15, 0.2) is 11.5 Å². The van der Waals surface area contributed by atoms with Crippen LogP contribution in [-0.4, -0.2) is 18.3 Å². The lowest BCUT2D eigenvalue weighted by molar-refractivity contribution is -0.276. The van der Waals surface area contributed by atoms with Gasteiger partial charge < -0.3 is 14.6 Å². The van der Waals surface area contributed by atoms with Crippen LogP contribution in [0.1, 0.15) is 81.9 Å². The minimum atomic E-state index is -0.731. The van der Waals surface area contributed by atoms with Crippen LogP contribution in [0.25, 0.3) is 0 Å². The molecule has 1 aliphatic heterocycles. The molecule has 1 aromatic rings. The molecule has 31 heavy (non-hydrogen) atoms. The monoisotopic (exact) mass is 440 g/mol. The van der Waals surface area contributed by atoms with Crippen molar-refractivity contribution in [2.75, 3.05) is 13.2 Å². The van der Waals surface area contributed by atoms with E-state index in [1.807, 2.05) is 0 Å². The summed E-state index contributed by atoms with van der Waals surface area (Å²) in [4.78, 5) is 1.17. The summed E-state index contributed by atoms with van der Waals surface area (Å²) in [5.41, 5.74) is -0.606. The van der Waals surface area contributed by atoms with Crippen molar-refractivity contribution in [1.82, 2.24) is 0 Å². The maximum Gasteiger partial charge on any atom is 0.178 e. The number of aliphatic hydroxyl groups is 1. The van der Waals surface area contributed by atoms with Gasteiger partial charge in [0.05, 0.1) is 4.88 Å². The maximum absolute atomic E-state index is 13.5. The van der Waals surface area contributed by atoms with Gasteiger partial charge in [-0.1, -0.05) is 0 Å². The molecule has 1 aromatic heterocycles. The van der Waals surface area contributed by atoms with Gasteiger partial charge in [0.25, 0.3) is 0 Å². The van der Waals surface area contributed by atoms with Crippen molar-refractivity contribution in [3.8, 4) is 11.5 Å². The van der Waals surface area contributed by atoms with Gasteiger partial charge in [-0.05, 0) is 113 Å². The number of rotatable bonds is 3. The molecular formula is C27H36O3S. The van der Waals surface area contributed by atoms with E-state index in [1.165, 1.54) is 81.9 Å². The molecule has 1 N–H and O–H groups in total. The number of hydrogen-bond acceptors (Lipinski definition) is 4. The van der Waals surface area contributed by atoms with E-state index in [-0.39, 0.29) is 10.8 Å². The van der Waals surface area contributed by atoms with Crippen molar-refractivity contribution in [2.24, 2.45) is 46.3 Å². The first-order valence-electron chi connectivity index (χ1n) is 13.2. The molecule has 8 saturated carbocycles. The Hall–Kier alpha value is -0.740. The molecule has 10 rings (SSSR count). The average molecular weight is 441 g/mol. The molecule has 0 spiro atoms. The molecule has 0 unspecified atom stereocenters. The van der Waals surface area contributed by atoms with Crippen LogP contribution < -0.4 is 9.47 Å². The summed E-state index contributed by atoms with van der Waals surface area (Å²) in [5.74, 6) is 6.90. The fourth-order valence-corrected chi connectivity index (χ4v) is 12.5. The Morgan fingerprint density at radius 1 is 0.710 bits per heavy atom. The molecule has 8 bridgehead atoms. The zero-order valence-electron chi connectivity index (χ0n) is 18.6. The van der Waals surface area contributed by atoms with Crippen LogP contribution in [0, 0.1) is 46.3 Å². The second-order valence-electron chi connectivity index (χ2n) is 13.1. The molecule has 8 aliphatic carbocycles. The molecule has 0 radical (unpaired) electrons. The van der Waals surface area contributed by atoms with Gasteiger partial charge in [-0.3, -0.25) is 0 Å². The van der Waals surface area contributed by atoms with E-state index in [0.717, 1.165) is 47.0 Å². The zero-order chi connectivity index (χ0) is 20.4. The molecule has 0 saturated heterocycles. The summed E-state index contributed by atoms with van der Waals surface area (Å²) in [5, 5.41) is 15.7. The highest BCUT2D eigenvalue weighted by atomic mass is 32.1. The molecule has 3 nitrogen and oxygen atoms in total. The Labute approximate surface area is 189 Å². The molecule has 168 valence electrons. The van der Waals surface area contributed by atoms with Crippen LogP contribution in [0.15, 0.2) is 5.38 Å². The lowest BCUT2D eigenvalue weighted by Gasteiger charge is -2.70. The number of fused-ring (bicyclic) bond motifs is 1. The van der Waals surface area contributed by atoms with Gasteiger partial charge in [-0.15, -0.1) is 11.3 Å². The lowest BCUT2D eigenvalue weighted by Crippen LogP contribution is -2.66. The summed E-state index contributed by atoms with van der Waals surface area (Å²) in [6.45, 7) is 1.25. The largest absolute Gasteiger partial charge is 0.485 e. The first-order chi connectivity index (χ1) is 15.1. The molecule has 9 aliphatic rings. The fraction of sp³-hybridized carbons (Fsp3) is 0.852. The van der Waals surface area contributed by atoms with Gasteiger partial charge in [0, 0.05) is 16.2 Å². The molecular weight excluding hydrogens is 404 g/mol. The van der Waals surface area contributed by atoms with Crippen molar-refractivity contribution >= 4 is 11.3 Å². The Morgan fingerprint density at radius 2 is 1.13 bits per heavy atom. The third-order valence-electron chi connectivity index (χ3n) is 11.2. The van der Waals surface area contributed by atoms with E-state index in [0.29, 0.717) is 13.2 Å². The summed E-state index contributed by atoms with van der Waals surface area (Å²) in [6.07, 6.45) is 16.1. The zero-order valence-corrected chi connectivity index (χ0v) is 19.4. The second kappa shape index (κ2) is 6.03. The smallest absolute Gasteiger partial charge is 0.178 e. The standard InChI is InChI=1S/C27H36O3S/c28-27(24-23-22(15-31-24)29-1-2-30-23,25-9-16-3-17(10-25)5-18(4-16)11-25)26-12-19-6-20(13-26)8-21(7-19)14-26/h15-21,28H,1-14H2. The summed E-state index contributed by atoms with van der Waals surface area (Å²) in [6, 6.07) is 0. The molecule has 4 heteroatoms. The van der Waals surface area contributed by atoms with E-state index < -0.39 is 5.60 Å². The molecule has 8 fully saturated rings. The topological polar surface area (TPSA) is 38.7 Å². The van der Waals surface area contributed by atoms with Crippen LogP contribution >= 0.6 is 11.3 Å².